The van der Waals surface area contributed by atoms with E-state index in [2.05, 4.69) is 22.0 Å². The van der Waals surface area contributed by atoms with Crippen molar-refractivity contribution < 1.29 is 24.0 Å². The fourth-order valence-electron chi connectivity index (χ4n) is 4.81. The number of hydrogen-bond donors (Lipinski definition) is 3. The first-order chi connectivity index (χ1) is 19.4. The number of nitriles is 1. The van der Waals surface area contributed by atoms with Gasteiger partial charge in [-0.2, -0.15) is 5.26 Å². The van der Waals surface area contributed by atoms with E-state index >= 15 is 0 Å². The molecular weight excluding hydrogens is 524 g/mol. The molecule has 2 aliphatic rings. The summed E-state index contributed by atoms with van der Waals surface area (Å²) in [7, 11) is 3.71. The summed E-state index contributed by atoms with van der Waals surface area (Å²) < 4.78 is 0. The largest absolute Gasteiger partial charge is 0.351 e. The normalized spacial score (nSPS) is 18.1. The Morgan fingerprint density at radius 2 is 1.83 bits per heavy atom. The molecule has 0 bridgehead atoms. The summed E-state index contributed by atoms with van der Waals surface area (Å²) in [6.07, 6.45) is 1.38. The number of hydrogen-bond acceptors (Lipinski definition) is 8. The third-order valence-electron chi connectivity index (χ3n) is 7.18. The van der Waals surface area contributed by atoms with Gasteiger partial charge >= 0.3 is 0 Å². The van der Waals surface area contributed by atoms with E-state index in [1.54, 1.807) is 36.4 Å². The van der Waals surface area contributed by atoms with Crippen LogP contribution in [0.1, 0.15) is 50.3 Å². The van der Waals surface area contributed by atoms with E-state index < -0.39 is 35.1 Å². The summed E-state index contributed by atoms with van der Waals surface area (Å²) in [4.78, 5) is 65.1. The van der Waals surface area contributed by atoms with Gasteiger partial charge in [0.15, 0.2) is 0 Å². The van der Waals surface area contributed by atoms with Gasteiger partial charge < -0.3 is 15.5 Å². The molecule has 1 saturated heterocycles. The van der Waals surface area contributed by atoms with Crippen molar-refractivity contribution in [1.82, 2.24) is 15.1 Å². The molecule has 0 radical (unpaired) electrons. The summed E-state index contributed by atoms with van der Waals surface area (Å²) in [5, 5.41) is 17.5. The van der Waals surface area contributed by atoms with E-state index in [4.69, 9.17) is 0 Å². The van der Waals surface area contributed by atoms with Crippen molar-refractivity contribution in [2.75, 3.05) is 24.7 Å². The van der Waals surface area contributed by atoms with E-state index in [-0.39, 0.29) is 36.9 Å². The first kappa shape index (κ1) is 29.2. The number of nitrogens with zero attached hydrogens (tertiary/aromatic N) is 3. The van der Waals surface area contributed by atoms with Crippen molar-refractivity contribution in [3.05, 3.63) is 71.4 Å². The average molecular weight is 557 g/mol. The number of benzene rings is 2. The average Bonchev–Trinajstić information content (AvgIpc) is 3.19. The molecule has 2 unspecified atom stereocenters. The minimum absolute atomic E-state index is 0.0103. The summed E-state index contributed by atoms with van der Waals surface area (Å²) in [5.74, 6) is -2.61. The molecule has 11 nitrogen and oxygen atoms in total. The van der Waals surface area contributed by atoms with Crippen LogP contribution in [0.5, 0.6) is 0 Å². The number of rotatable bonds is 9. The van der Waals surface area contributed by atoms with E-state index in [1.165, 1.54) is 0 Å². The van der Waals surface area contributed by atoms with Crippen molar-refractivity contribution >= 4 is 40.9 Å². The first-order valence-corrected chi connectivity index (χ1v) is 13.2. The second kappa shape index (κ2) is 11.7. The van der Waals surface area contributed by atoms with Gasteiger partial charge in [0.05, 0.1) is 11.5 Å². The minimum Gasteiger partial charge on any atom is -0.351 e. The second-order valence-corrected chi connectivity index (χ2v) is 10.8. The van der Waals surface area contributed by atoms with Gasteiger partial charge in [0.1, 0.15) is 11.7 Å². The summed E-state index contributed by atoms with van der Waals surface area (Å²) in [5.41, 5.74) is 2.04. The summed E-state index contributed by atoms with van der Waals surface area (Å²) in [6, 6.07) is 15.3. The highest BCUT2D eigenvalue weighted by Crippen LogP contribution is 2.29. The lowest BCUT2D eigenvalue weighted by atomic mass is 9.86. The Morgan fingerprint density at radius 3 is 2.51 bits per heavy atom. The van der Waals surface area contributed by atoms with Gasteiger partial charge in [-0.1, -0.05) is 24.3 Å². The molecule has 5 amide bonds. The number of carbonyl (C=O) groups is 5. The predicted octanol–water partition coefficient (Wildman–Crippen LogP) is 2.59. The van der Waals surface area contributed by atoms with Gasteiger partial charge in [-0.25, -0.2) is 0 Å². The Balaban J connectivity index is 1.46. The zero-order chi connectivity index (χ0) is 29.9. The molecule has 2 aliphatic heterocycles. The Kier molecular flexibility index (Phi) is 8.35. The minimum atomic E-state index is -1.04. The van der Waals surface area contributed by atoms with E-state index in [9.17, 15) is 29.2 Å². The number of carbonyl (C=O) groups excluding carboxylic acids is 5. The highest BCUT2D eigenvalue weighted by molar-refractivity contribution is 6.20. The van der Waals surface area contributed by atoms with Gasteiger partial charge in [-0.15, -0.1) is 0 Å². The molecule has 0 aromatic heterocycles. The summed E-state index contributed by atoms with van der Waals surface area (Å²) >= 11 is 0. The first-order valence-electron chi connectivity index (χ1n) is 13.2. The van der Waals surface area contributed by atoms with Crippen molar-refractivity contribution in [2.45, 2.75) is 50.6 Å². The fraction of sp³-hybridized carbons (Fsp3) is 0.333. The van der Waals surface area contributed by atoms with Crippen LogP contribution in [-0.4, -0.2) is 59.5 Å². The summed E-state index contributed by atoms with van der Waals surface area (Å²) in [6.45, 7) is 3.63. The smallest absolute Gasteiger partial charge is 0.278 e. The predicted molar refractivity (Wildman–Crippen MR) is 151 cm³/mol. The van der Waals surface area contributed by atoms with Crippen LogP contribution >= 0.6 is 0 Å². The number of imide groups is 2. The van der Waals surface area contributed by atoms with Crippen molar-refractivity contribution in [2.24, 2.45) is 0 Å². The van der Waals surface area contributed by atoms with Crippen LogP contribution in [0.3, 0.4) is 0 Å². The Labute approximate surface area is 238 Å². The molecule has 212 valence electrons. The van der Waals surface area contributed by atoms with Crippen LogP contribution in [-0.2, 0) is 29.4 Å². The van der Waals surface area contributed by atoms with Gasteiger partial charge in [0, 0.05) is 36.3 Å². The lowest BCUT2D eigenvalue weighted by Gasteiger charge is -2.28. The number of piperidine rings is 1. The lowest BCUT2D eigenvalue weighted by Crippen LogP contribution is -2.54. The molecule has 0 saturated carbocycles. The van der Waals surface area contributed by atoms with Crippen molar-refractivity contribution in [1.29, 1.82) is 5.26 Å². The van der Waals surface area contributed by atoms with Gasteiger partial charge in [0.25, 0.3) is 11.8 Å². The molecule has 2 heterocycles. The van der Waals surface area contributed by atoms with Crippen molar-refractivity contribution in [3.63, 3.8) is 0 Å². The Morgan fingerprint density at radius 1 is 1.12 bits per heavy atom. The maximum absolute atomic E-state index is 13.0. The van der Waals surface area contributed by atoms with Crippen LogP contribution in [0.15, 0.2) is 60.3 Å². The molecular formula is C30H32N6O5. The highest BCUT2D eigenvalue weighted by atomic mass is 16.2. The zero-order valence-electron chi connectivity index (χ0n) is 23.4. The van der Waals surface area contributed by atoms with Crippen LogP contribution in [0.25, 0.3) is 0 Å². The monoisotopic (exact) mass is 556 g/mol. The molecule has 11 heteroatoms. The molecule has 2 aromatic carbocycles. The standard InChI is InChI=1S/C30H32N6O5/c1-30(2,17-31)19-8-6-10-21(14-19)33-26(38)16-24(35(3)4)18-7-5-9-20(13-18)32-22-15-27(39)36(29(22)41)23-11-12-25(37)34-28(23)40/h5-10,13-15,23-24,32H,11-12,16H2,1-4H3,(H,33,38)(H,34,37,40). The molecule has 0 spiro atoms. The molecule has 2 atom stereocenters. The topological polar surface area (TPSA) is 152 Å². The van der Waals surface area contributed by atoms with E-state index in [1.807, 2.05) is 45.0 Å². The maximum Gasteiger partial charge on any atom is 0.278 e. The highest BCUT2D eigenvalue weighted by Gasteiger charge is 2.42. The van der Waals surface area contributed by atoms with Crippen molar-refractivity contribution in [3.8, 4) is 6.07 Å². The van der Waals surface area contributed by atoms with E-state index in [0.29, 0.717) is 11.4 Å². The number of nitrogens with one attached hydrogen (secondary N) is 3. The van der Waals surface area contributed by atoms with Crippen LogP contribution in [0, 0.1) is 11.3 Å². The number of anilines is 2. The maximum atomic E-state index is 13.0. The lowest BCUT2D eigenvalue weighted by molar-refractivity contribution is -0.149. The van der Waals surface area contributed by atoms with Gasteiger partial charge in [0.2, 0.25) is 17.7 Å². The zero-order valence-corrected chi connectivity index (χ0v) is 23.4. The van der Waals surface area contributed by atoms with Crippen LogP contribution in [0.2, 0.25) is 0 Å². The molecule has 1 fully saturated rings. The molecule has 2 aromatic rings. The Bertz CT molecular complexity index is 1490. The molecule has 0 aliphatic carbocycles. The van der Waals surface area contributed by atoms with Crippen LogP contribution in [0.4, 0.5) is 11.4 Å². The third-order valence-corrected chi connectivity index (χ3v) is 7.18. The fourth-order valence-corrected chi connectivity index (χ4v) is 4.81. The second-order valence-electron chi connectivity index (χ2n) is 10.8. The quantitative estimate of drug-likeness (QED) is 0.399. The number of amides is 5. The Hall–Kier alpha value is -4.82. The van der Waals surface area contributed by atoms with Gasteiger partial charge in [-0.3, -0.25) is 34.2 Å². The van der Waals surface area contributed by atoms with Gasteiger partial charge in [-0.05, 0) is 69.8 Å². The molecule has 41 heavy (non-hydrogen) atoms. The van der Waals surface area contributed by atoms with E-state index in [0.717, 1.165) is 22.1 Å². The molecule has 3 N–H and O–H groups in total. The SMILES string of the molecule is CN(C)C(CC(=O)Nc1cccc(C(C)(C)C#N)c1)c1cccc(NC2=CC(=O)N(C3CCC(=O)NC3=O)C2=O)c1. The third kappa shape index (κ3) is 6.50. The molecule has 4 rings (SSSR count). The van der Waals surface area contributed by atoms with Crippen LogP contribution < -0.4 is 16.0 Å².